The summed E-state index contributed by atoms with van der Waals surface area (Å²) in [5.74, 6) is -0.622. The molecule has 7 nitrogen and oxygen atoms in total. The Kier molecular flexibility index (Phi) is 10.0. The molecule has 3 rings (SSSR count). The molecule has 0 spiro atoms. The van der Waals surface area contributed by atoms with Gasteiger partial charge in [0.25, 0.3) is 5.69 Å². The van der Waals surface area contributed by atoms with Crippen molar-refractivity contribution in [1.82, 2.24) is 10.2 Å². The lowest BCUT2D eigenvalue weighted by atomic mass is 10.0. The van der Waals surface area contributed by atoms with E-state index in [1.54, 1.807) is 30.3 Å². The van der Waals surface area contributed by atoms with Gasteiger partial charge in [-0.1, -0.05) is 85.6 Å². The van der Waals surface area contributed by atoms with Gasteiger partial charge in [0, 0.05) is 36.2 Å². The molecule has 0 fully saturated rings. The first kappa shape index (κ1) is 26.9. The van der Waals surface area contributed by atoms with Crippen LogP contribution in [0.25, 0.3) is 0 Å². The quantitative estimate of drug-likeness (QED) is 0.203. The van der Waals surface area contributed by atoms with E-state index in [1.165, 1.54) is 11.0 Å². The van der Waals surface area contributed by atoms with Crippen molar-refractivity contribution in [1.29, 1.82) is 0 Å². The number of hydrogen-bond acceptors (Lipinski definition) is 4. The van der Waals surface area contributed by atoms with Crippen LogP contribution in [-0.2, 0) is 29.0 Å². The Hall–Kier alpha value is -3.71. The van der Waals surface area contributed by atoms with Crippen molar-refractivity contribution in [3.8, 4) is 0 Å². The van der Waals surface area contributed by atoms with E-state index >= 15 is 0 Å². The molecule has 0 aliphatic rings. The van der Waals surface area contributed by atoms with E-state index in [9.17, 15) is 19.7 Å². The highest BCUT2D eigenvalue weighted by atomic mass is 35.5. The lowest BCUT2D eigenvalue weighted by molar-refractivity contribution is -0.385. The molecular weight excluding hydrogens is 478 g/mol. The monoisotopic (exact) mass is 507 g/mol. The summed E-state index contributed by atoms with van der Waals surface area (Å²) in [6, 6.07) is 22.0. The number of nitrogens with one attached hydrogen (secondary N) is 1. The Morgan fingerprint density at radius 3 is 2.31 bits per heavy atom. The number of para-hydroxylation sites is 1. The van der Waals surface area contributed by atoms with Crippen LogP contribution >= 0.6 is 11.6 Å². The molecule has 0 saturated carbocycles. The van der Waals surface area contributed by atoms with Crippen molar-refractivity contribution >= 4 is 29.1 Å². The van der Waals surface area contributed by atoms with Crippen molar-refractivity contribution < 1.29 is 14.5 Å². The first-order valence-corrected chi connectivity index (χ1v) is 12.3. The van der Waals surface area contributed by atoms with Gasteiger partial charge in [0.15, 0.2) is 0 Å². The van der Waals surface area contributed by atoms with Gasteiger partial charge in [0.05, 0.1) is 11.3 Å². The Balaban J connectivity index is 1.98. The number of nitrogens with zero attached hydrogens (tertiary/aromatic N) is 2. The van der Waals surface area contributed by atoms with Gasteiger partial charge in [0.2, 0.25) is 11.8 Å². The van der Waals surface area contributed by atoms with Crippen LogP contribution in [0.15, 0.2) is 78.9 Å². The minimum atomic E-state index is -0.796. The number of nitro benzene ring substituents is 1. The molecule has 0 unspecified atom stereocenters. The second kappa shape index (κ2) is 13.4. The van der Waals surface area contributed by atoms with Gasteiger partial charge in [-0.3, -0.25) is 19.7 Å². The fourth-order valence-corrected chi connectivity index (χ4v) is 4.08. The Bertz CT molecular complexity index is 1170. The molecule has 1 atom stereocenters. The second-order valence-corrected chi connectivity index (χ2v) is 9.00. The maximum absolute atomic E-state index is 13.7. The van der Waals surface area contributed by atoms with Gasteiger partial charge < -0.3 is 10.2 Å². The van der Waals surface area contributed by atoms with Crippen LogP contribution in [0, 0.1) is 10.1 Å². The minimum Gasteiger partial charge on any atom is -0.354 e. The molecule has 0 radical (unpaired) electrons. The van der Waals surface area contributed by atoms with E-state index in [0.29, 0.717) is 23.6 Å². The smallest absolute Gasteiger partial charge is 0.273 e. The summed E-state index contributed by atoms with van der Waals surface area (Å²) in [5, 5.41) is 15.1. The largest absolute Gasteiger partial charge is 0.354 e. The molecule has 1 N–H and O–H groups in total. The Labute approximate surface area is 216 Å². The zero-order valence-corrected chi connectivity index (χ0v) is 21.0. The van der Waals surface area contributed by atoms with E-state index in [1.807, 2.05) is 49.4 Å². The molecular formula is C28H30ClN3O4. The van der Waals surface area contributed by atoms with Gasteiger partial charge in [-0.2, -0.15) is 0 Å². The molecule has 0 heterocycles. The van der Waals surface area contributed by atoms with Crippen LogP contribution < -0.4 is 5.32 Å². The highest BCUT2D eigenvalue weighted by molar-refractivity contribution is 6.30. The lowest BCUT2D eigenvalue weighted by Gasteiger charge is -2.31. The van der Waals surface area contributed by atoms with Crippen molar-refractivity contribution in [2.45, 2.75) is 45.2 Å². The first-order chi connectivity index (χ1) is 17.4. The van der Waals surface area contributed by atoms with Gasteiger partial charge in [-0.15, -0.1) is 0 Å². The fourth-order valence-electron chi connectivity index (χ4n) is 3.95. The van der Waals surface area contributed by atoms with E-state index in [-0.39, 0.29) is 30.5 Å². The SMILES string of the molecule is CCCCNC(=O)[C@@H](Cc1ccccc1)N(Cc1ccc(Cl)cc1)C(=O)Cc1ccccc1[N+](=O)[O-]. The number of nitro groups is 1. The number of carbonyl (C=O) groups excluding carboxylic acids is 2. The maximum atomic E-state index is 13.7. The third kappa shape index (κ3) is 7.65. The van der Waals surface area contributed by atoms with Crippen LogP contribution in [0.3, 0.4) is 0 Å². The topological polar surface area (TPSA) is 92.6 Å². The van der Waals surface area contributed by atoms with Gasteiger partial charge >= 0.3 is 0 Å². The Morgan fingerprint density at radius 1 is 0.972 bits per heavy atom. The number of unbranched alkanes of at least 4 members (excludes halogenated alkanes) is 1. The summed E-state index contributed by atoms with van der Waals surface area (Å²) in [7, 11) is 0. The summed E-state index contributed by atoms with van der Waals surface area (Å²) < 4.78 is 0. The highest BCUT2D eigenvalue weighted by Crippen LogP contribution is 2.22. The number of rotatable bonds is 12. The van der Waals surface area contributed by atoms with E-state index in [0.717, 1.165) is 24.0 Å². The fraction of sp³-hybridized carbons (Fsp3) is 0.286. The summed E-state index contributed by atoms with van der Waals surface area (Å²) in [4.78, 5) is 39.7. The number of hydrogen-bond donors (Lipinski definition) is 1. The predicted octanol–water partition coefficient (Wildman–Crippen LogP) is 5.35. The number of carbonyl (C=O) groups is 2. The van der Waals surface area contributed by atoms with Crippen molar-refractivity contribution in [3.63, 3.8) is 0 Å². The molecule has 0 aromatic heterocycles. The number of halogens is 1. The third-order valence-corrected chi connectivity index (χ3v) is 6.15. The van der Waals surface area contributed by atoms with Gasteiger partial charge in [-0.25, -0.2) is 0 Å². The lowest BCUT2D eigenvalue weighted by Crippen LogP contribution is -2.51. The second-order valence-electron chi connectivity index (χ2n) is 8.56. The van der Waals surface area contributed by atoms with Crippen LogP contribution in [0.5, 0.6) is 0 Å². The van der Waals surface area contributed by atoms with Crippen molar-refractivity contribution in [3.05, 3.63) is 111 Å². The molecule has 0 aliphatic carbocycles. The normalized spacial score (nSPS) is 11.5. The summed E-state index contributed by atoms with van der Waals surface area (Å²) >= 11 is 6.05. The number of amides is 2. The molecule has 2 amide bonds. The van der Waals surface area contributed by atoms with Gasteiger partial charge in [0.1, 0.15) is 6.04 Å². The van der Waals surface area contributed by atoms with E-state index in [2.05, 4.69) is 5.32 Å². The predicted molar refractivity (Wildman–Crippen MR) is 141 cm³/mol. The highest BCUT2D eigenvalue weighted by Gasteiger charge is 2.31. The Morgan fingerprint density at radius 2 is 1.64 bits per heavy atom. The molecule has 0 aliphatic heterocycles. The summed E-state index contributed by atoms with van der Waals surface area (Å²) in [5.41, 5.74) is 1.89. The standard InChI is InChI=1S/C28H30ClN3O4/c1-2-3-17-30-28(34)26(18-21-9-5-4-6-10-21)31(20-22-13-15-24(29)16-14-22)27(33)19-23-11-7-8-12-25(23)32(35)36/h4-16,26H,2-3,17-20H2,1H3,(H,30,34)/t26-/m1/s1. The van der Waals surface area contributed by atoms with Gasteiger partial charge in [-0.05, 0) is 29.7 Å². The van der Waals surface area contributed by atoms with E-state index < -0.39 is 11.0 Å². The van der Waals surface area contributed by atoms with Crippen LogP contribution in [-0.4, -0.2) is 34.2 Å². The first-order valence-electron chi connectivity index (χ1n) is 12.0. The molecule has 0 bridgehead atoms. The zero-order chi connectivity index (χ0) is 25.9. The molecule has 3 aromatic rings. The van der Waals surface area contributed by atoms with E-state index in [4.69, 9.17) is 11.6 Å². The van der Waals surface area contributed by atoms with Crippen LogP contribution in [0.1, 0.15) is 36.5 Å². The number of benzene rings is 3. The van der Waals surface area contributed by atoms with Crippen LogP contribution in [0.2, 0.25) is 5.02 Å². The van der Waals surface area contributed by atoms with Crippen LogP contribution in [0.4, 0.5) is 5.69 Å². The molecule has 36 heavy (non-hydrogen) atoms. The average molecular weight is 508 g/mol. The summed E-state index contributed by atoms with van der Waals surface area (Å²) in [6.45, 7) is 2.71. The maximum Gasteiger partial charge on any atom is 0.273 e. The zero-order valence-electron chi connectivity index (χ0n) is 20.2. The van der Waals surface area contributed by atoms with Crippen molar-refractivity contribution in [2.75, 3.05) is 6.54 Å². The summed E-state index contributed by atoms with van der Waals surface area (Å²) in [6.07, 6.45) is 1.87. The third-order valence-electron chi connectivity index (χ3n) is 5.90. The molecule has 8 heteroatoms. The van der Waals surface area contributed by atoms with Crippen molar-refractivity contribution in [2.24, 2.45) is 0 Å². The average Bonchev–Trinajstić information content (AvgIpc) is 2.88. The molecule has 0 saturated heterocycles. The minimum absolute atomic E-state index is 0.121. The molecule has 3 aromatic carbocycles. The molecule has 188 valence electrons.